The van der Waals surface area contributed by atoms with Crippen LogP contribution in [0.1, 0.15) is 36.8 Å². The fourth-order valence-electron chi connectivity index (χ4n) is 2.16. The van der Waals surface area contributed by atoms with Crippen LogP contribution in [0.25, 0.3) is 0 Å². The van der Waals surface area contributed by atoms with E-state index in [0.29, 0.717) is 18.8 Å². The summed E-state index contributed by atoms with van der Waals surface area (Å²) >= 11 is 0. The molecular weight excluding hydrogens is 354 g/mol. The molecule has 4 N–H and O–H groups in total. The summed E-state index contributed by atoms with van der Waals surface area (Å²) in [6.07, 6.45) is 1.99. The molecule has 1 amide bonds. The van der Waals surface area contributed by atoms with Crippen LogP contribution in [-0.2, 0) is 16.4 Å². The second-order valence-corrected chi connectivity index (χ2v) is 8.42. The number of hydrogen-bond donors (Lipinski definition) is 3. The average molecular weight is 377 g/mol. The lowest BCUT2D eigenvalue weighted by molar-refractivity contribution is 0.0914. The summed E-state index contributed by atoms with van der Waals surface area (Å²) in [5.41, 5.74) is 0.887. The highest BCUT2D eigenvalue weighted by Gasteiger charge is 2.16. The van der Waals surface area contributed by atoms with Crippen molar-refractivity contribution in [3.63, 3.8) is 0 Å². The number of sulfonamides is 1. The first-order valence-corrected chi connectivity index (χ1v) is 9.59. The monoisotopic (exact) mass is 377 g/mol. The third kappa shape index (κ3) is 6.08. The van der Waals surface area contributed by atoms with Crippen LogP contribution in [0.2, 0.25) is 0 Å². The Labute approximate surface area is 153 Å². The normalized spacial score (nSPS) is 11.8. The van der Waals surface area contributed by atoms with E-state index in [1.165, 1.54) is 18.5 Å². The Morgan fingerprint density at radius 1 is 1.15 bits per heavy atom. The van der Waals surface area contributed by atoms with E-state index >= 15 is 0 Å². The van der Waals surface area contributed by atoms with E-state index < -0.39 is 10.0 Å². The third-order valence-corrected chi connectivity index (χ3v) is 4.29. The van der Waals surface area contributed by atoms with Crippen LogP contribution in [0.3, 0.4) is 0 Å². The zero-order valence-electron chi connectivity index (χ0n) is 15.0. The minimum absolute atomic E-state index is 0.0829. The molecule has 0 fully saturated rings. The van der Waals surface area contributed by atoms with Crippen LogP contribution in [-0.4, -0.2) is 36.4 Å². The molecule has 0 saturated heterocycles. The number of anilines is 1. The van der Waals surface area contributed by atoms with Gasteiger partial charge in [-0.2, -0.15) is 0 Å². The van der Waals surface area contributed by atoms with Crippen molar-refractivity contribution in [3.8, 4) is 0 Å². The molecule has 0 atom stereocenters. The summed E-state index contributed by atoms with van der Waals surface area (Å²) in [6, 6.07) is 7.97. The number of aromatic nitrogens is 2. The number of rotatable bonds is 6. The van der Waals surface area contributed by atoms with Gasteiger partial charge in [-0.3, -0.25) is 4.79 Å². The molecule has 0 radical (unpaired) electrons. The smallest absolute Gasteiger partial charge is 0.270 e. The van der Waals surface area contributed by atoms with Gasteiger partial charge in [0.25, 0.3) is 5.91 Å². The van der Waals surface area contributed by atoms with Crippen molar-refractivity contribution in [1.29, 1.82) is 0 Å². The molecule has 0 bridgehead atoms. The number of carbonyl (C=O) groups excluding carboxylic acids is 1. The van der Waals surface area contributed by atoms with Gasteiger partial charge in [0.1, 0.15) is 17.8 Å². The topological polar surface area (TPSA) is 127 Å². The van der Waals surface area contributed by atoms with Gasteiger partial charge in [-0.25, -0.2) is 23.5 Å². The predicted octanol–water partition coefficient (Wildman–Crippen LogP) is 1.31. The maximum Gasteiger partial charge on any atom is 0.270 e. The Hall–Kier alpha value is -2.52. The number of nitrogens with one attached hydrogen (secondary N) is 2. The number of nitrogens with zero attached hydrogens (tertiary/aromatic N) is 2. The number of amides is 1. The maximum absolute atomic E-state index is 12.1. The quantitative estimate of drug-likeness (QED) is 0.696. The molecule has 2 rings (SSSR count). The molecular formula is C17H23N5O3S. The van der Waals surface area contributed by atoms with Crippen LogP contribution >= 0.6 is 0 Å². The number of primary sulfonamides is 1. The van der Waals surface area contributed by atoms with Crippen LogP contribution in [0.15, 0.2) is 41.6 Å². The van der Waals surface area contributed by atoms with E-state index in [2.05, 4.69) is 20.6 Å². The molecule has 140 valence electrons. The van der Waals surface area contributed by atoms with E-state index in [1.807, 2.05) is 20.8 Å². The zero-order valence-corrected chi connectivity index (χ0v) is 15.8. The number of hydrogen-bond acceptors (Lipinski definition) is 6. The fraction of sp³-hybridized carbons (Fsp3) is 0.353. The van der Waals surface area contributed by atoms with Gasteiger partial charge in [0.2, 0.25) is 10.0 Å². The molecule has 0 spiro atoms. The largest absolute Gasteiger partial charge is 0.370 e. The Morgan fingerprint density at radius 3 is 2.38 bits per heavy atom. The van der Waals surface area contributed by atoms with E-state index in [9.17, 15) is 13.2 Å². The van der Waals surface area contributed by atoms with Crippen molar-refractivity contribution in [1.82, 2.24) is 15.3 Å². The SMILES string of the molecule is CC(C)(C)NC(=O)c1cc(NCCc2ccc(S(N)(=O)=O)cc2)ncn1. The molecule has 0 saturated carbocycles. The molecule has 8 nitrogen and oxygen atoms in total. The average Bonchev–Trinajstić information content (AvgIpc) is 2.53. The van der Waals surface area contributed by atoms with E-state index in [4.69, 9.17) is 5.14 Å². The standard InChI is InChI=1S/C17H23N5O3S/c1-17(2,3)22-16(23)14-10-15(21-11-20-14)19-9-8-12-4-6-13(7-5-12)26(18,24)25/h4-7,10-11H,8-9H2,1-3H3,(H,22,23)(H2,18,24,25)(H,19,20,21). The third-order valence-electron chi connectivity index (χ3n) is 3.36. The summed E-state index contributed by atoms with van der Waals surface area (Å²) in [4.78, 5) is 20.3. The fourth-order valence-corrected chi connectivity index (χ4v) is 2.68. The van der Waals surface area contributed by atoms with Crippen LogP contribution < -0.4 is 15.8 Å². The van der Waals surface area contributed by atoms with Crippen molar-refractivity contribution in [2.24, 2.45) is 5.14 Å². The molecule has 0 aliphatic carbocycles. The van der Waals surface area contributed by atoms with Crippen molar-refractivity contribution < 1.29 is 13.2 Å². The number of benzene rings is 1. The maximum atomic E-state index is 12.1. The minimum Gasteiger partial charge on any atom is -0.370 e. The molecule has 26 heavy (non-hydrogen) atoms. The Balaban J connectivity index is 1.94. The Kier molecular flexibility index (Phi) is 5.94. The van der Waals surface area contributed by atoms with Gasteiger partial charge < -0.3 is 10.6 Å². The Morgan fingerprint density at radius 2 is 1.81 bits per heavy atom. The molecule has 1 aromatic carbocycles. The van der Waals surface area contributed by atoms with Gasteiger partial charge >= 0.3 is 0 Å². The van der Waals surface area contributed by atoms with Crippen molar-refractivity contribution in [2.75, 3.05) is 11.9 Å². The molecule has 1 heterocycles. The lowest BCUT2D eigenvalue weighted by Gasteiger charge is -2.20. The molecule has 0 aliphatic rings. The summed E-state index contributed by atoms with van der Waals surface area (Å²) in [7, 11) is -3.68. The van der Waals surface area contributed by atoms with E-state index in [1.54, 1.807) is 18.2 Å². The molecule has 9 heteroatoms. The molecule has 0 unspecified atom stereocenters. The van der Waals surface area contributed by atoms with Gasteiger partial charge in [0, 0.05) is 18.2 Å². The number of nitrogens with two attached hydrogens (primary N) is 1. The van der Waals surface area contributed by atoms with Crippen LogP contribution in [0, 0.1) is 0 Å². The Bertz CT molecular complexity index is 874. The first-order valence-electron chi connectivity index (χ1n) is 8.05. The van der Waals surface area contributed by atoms with E-state index in [0.717, 1.165) is 5.56 Å². The van der Waals surface area contributed by atoms with E-state index in [-0.39, 0.29) is 22.0 Å². The lowest BCUT2D eigenvalue weighted by atomic mass is 10.1. The molecule has 2 aromatic rings. The summed E-state index contributed by atoms with van der Waals surface area (Å²) in [5, 5.41) is 11.0. The highest BCUT2D eigenvalue weighted by molar-refractivity contribution is 7.89. The van der Waals surface area contributed by atoms with Gasteiger partial charge in [-0.1, -0.05) is 12.1 Å². The van der Waals surface area contributed by atoms with Gasteiger partial charge in [0.05, 0.1) is 4.90 Å². The highest BCUT2D eigenvalue weighted by atomic mass is 32.2. The van der Waals surface area contributed by atoms with Crippen molar-refractivity contribution >= 4 is 21.7 Å². The second-order valence-electron chi connectivity index (χ2n) is 6.86. The first kappa shape index (κ1) is 19.8. The summed E-state index contributed by atoms with van der Waals surface area (Å²) in [6.45, 7) is 6.25. The predicted molar refractivity (Wildman–Crippen MR) is 99.3 cm³/mol. The summed E-state index contributed by atoms with van der Waals surface area (Å²) in [5.74, 6) is 0.279. The zero-order chi connectivity index (χ0) is 19.4. The molecule has 0 aliphatic heterocycles. The minimum atomic E-state index is -3.68. The van der Waals surface area contributed by atoms with Gasteiger partial charge in [0.15, 0.2) is 0 Å². The second kappa shape index (κ2) is 7.79. The lowest BCUT2D eigenvalue weighted by Crippen LogP contribution is -2.41. The molecule has 1 aromatic heterocycles. The number of carbonyl (C=O) groups is 1. The van der Waals surface area contributed by atoms with Crippen LogP contribution in [0.5, 0.6) is 0 Å². The van der Waals surface area contributed by atoms with Gasteiger partial charge in [-0.05, 0) is 44.9 Å². The summed E-state index contributed by atoms with van der Waals surface area (Å²) < 4.78 is 22.5. The van der Waals surface area contributed by atoms with Gasteiger partial charge in [-0.15, -0.1) is 0 Å². The van der Waals surface area contributed by atoms with Crippen LogP contribution in [0.4, 0.5) is 5.82 Å². The highest BCUT2D eigenvalue weighted by Crippen LogP contribution is 2.10. The van der Waals surface area contributed by atoms with Crippen molar-refractivity contribution in [3.05, 3.63) is 47.9 Å². The first-order chi connectivity index (χ1) is 12.0. The van der Waals surface area contributed by atoms with Crippen molar-refractivity contribution in [2.45, 2.75) is 37.6 Å².